The average Bonchev–Trinajstić information content (AvgIpc) is 2.74. The molecule has 0 saturated heterocycles. The molecule has 2 rings (SSSR count). The highest BCUT2D eigenvalue weighted by Gasteiger charge is 2.03. The summed E-state index contributed by atoms with van der Waals surface area (Å²) in [6, 6.07) is 13.7. The molecule has 0 unspecified atom stereocenters. The van der Waals surface area contributed by atoms with Gasteiger partial charge in [-0.2, -0.15) is 0 Å². The number of benzene rings is 1. The molecule has 0 bridgehead atoms. The predicted molar refractivity (Wildman–Crippen MR) is 68.9 cm³/mol. The normalized spacial score (nSPS) is 10.8. The van der Waals surface area contributed by atoms with E-state index in [2.05, 4.69) is 0 Å². The number of ketones is 1. The third kappa shape index (κ3) is 2.67. The highest BCUT2D eigenvalue weighted by atomic mass is 32.1. The van der Waals surface area contributed by atoms with E-state index >= 15 is 0 Å². The number of carbonyl (C=O) groups is 1. The van der Waals surface area contributed by atoms with Crippen LogP contribution in [0.5, 0.6) is 0 Å². The number of allylic oxidation sites excluding steroid dienone is 1. The van der Waals surface area contributed by atoms with Crippen molar-refractivity contribution in [2.24, 2.45) is 0 Å². The smallest absolute Gasteiger partial charge is 0.195 e. The molecule has 0 aliphatic heterocycles. The molecule has 80 valence electrons. The first-order valence-corrected chi connectivity index (χ1v) is 5.91. The van der Waals surface area contributed by atoms with Gasteiger partial charge in [-0.05, 0) is 30.7 Å². The summed E-state index contributed by atoms with van der Waals surface area (Å²) in [6.07, 6.45) is 3.47. The summed E-state index contributed by atoms with van der Waals surface area (Å²) in [5.74, 6) is 0.0713. The van der Waals surface area contributed by atoms with Crippen LogP contribution in [-0.4, -0.2) is 5.78 Å². The van der Waals surface area contributed by atoms with Crippen LogP contribution >= 0.6 is 11.3 Å². The standard InChI is InChI=1S/C14H12OS/c1-11-7-10-14(16-11)13(15)9-8-12-5-3-2-4-6-12/h2-10H,1H3/b9-8+. The Kier molecular flexibility index (Phi) is 3.32. The van der Waals surface area contributed by atoms with Crippen molar-refractivity contribution in [3.05, 3.63) is 63.9 Å². The summed E-state index contributed by atoms with van der Waals surface area (Å²) in [5, 5.41) is 0. The Morgan fingerprint density at radius 3 is 2.50 bits per heavy atom. The molecule has 0 saturated carbocycles. The van der Waals surface area contributed by atoms with E-state index in [-0.39, 0.29) is 5.78 Å². The number of hydrogen-bond donors (Lipinski definition) is 0. The van der Waals surface area contributed by atoms with Gasteiger partial charge in [0.1, 0.15) is 0 Å². The number of hydrogen-bond acceptors (Lipinski definition) is 2. The second-order valence-corrected chi connectivity index (χ2v) is 4.81. The van der Waals surface area contributed by atoms with Crippen molar-refractivity contribution >= 4 is 23.2 Å². The molecule has 0 atom stereocenters. The first kappa shape index (κ1) is 10.8. The van der Waals surface area contributed by atoms with E-state index in [1.165, 1.54) is 11.3 Å². The first-order valence-electron chi connectivity index (χ1n) is 5.09. The lowest BCUT2D eigenvalue weighted by Gasteiger charge is -1.91. The molecular formula is C14H12OS. The van der Waals surface area contributed by atoms with Crippen molar-refractivity contribution in [1.29, 1.82) is 0 Å². The van der Waals surface area contributed by atoms with E-state index in [0.717, 1.165) is 15.3 Å². The van der Waals surface area contributed by atoms with Gasteiger partial charge in [-0.1, -0.05) is 36.4 Å². The van der Waals surface area contributed by atoms with Crippen LogP contribution in [0.15, 0.2) is 48.5 Å². The van der Waals surface area contributed by atoms with Crippen molar-refractivity contribution < 1.29 is 4.79 Å². The summed E-state index contributed by atoms with van der Waals surface area (Å²) >= 11 is 1.53. The SMILES string of the molecule is Cc1ccc(C(=O)/C=C/c2ccccc2)s1. The molecule has 1 heterocycles. The fourth-order valence-corrected chi connectivity index (χ4v) is 2.17. The Bertz CT molecular complexity index is 509. The zero-order chi connectivity index (χ0) is 11.4. The van der Waals surface area contributed by atoms with E-state index in [1.54, 1.807) is 6.08 Å². The second kappa shape index (κ2) is 4.90. The van der Waals surface area contributed by atoms with Gasteiger partial charge in [-0.3, -0.25) is 4.79 Å². The van der Waals surface area contributed by atoms with E-state index in [9.17, 15) is 4.79 Å². The lowest BCUT2D eigenvalue weighted by atomic mass is 10.2. The summed E-state index contributed by atoms with van der Waals surface area (Å²) in [7, 11) is 0. The first-order chi connectivity index (χ1) is 7.75. The molecule has 0 N–H and O–H groups in total. The number of thiophene rings is 1. The summed E-state index contributed by atoms with van der Waals surface area (Å²) < 4.78 is 0. The van der Waals surface area contributed by atoms with Gasteiger partial charge in [0.15, 0.2) is 5.78 Å². The fourth-order valence-electron chi connectivity index (χ4n) is 1.39. The monoisotopic (exact) mass is 228 g/mol. The van der Waals surface area contributed by atoms with E-state index < -0.39 is 0 Å². The third-order valence-corrected chi connectivity index (χ3v) is 3.23. The highest BCUT2D eigenvalue weighted by Crippen LogP contribution is 2.16. The topological polar surface area (TPSA) is 17.1 Å². The van der Waals surface area contributed by atoms with E-state index in [0.29, 0.717) is 0 Å². The van der Waals surface area contributed by atoms with Crippen LogP contribution in [0.3, 0.4) is 0 Å². The lowest BCUT2D eigenvalue weighted by Crippen LogP contribution is -1.88. The zero-order valence-electron chi connectivity index (χ0n) is 9.01. The van der Waals surface area contributed by atoms with Gasteiger partial charge in [0.2, 0.25) is 0 Å². The van der Waals surface area contributed by atoms with Crippen LogP contribution in [0, 0.1) is 6.92 Å². The molecule has 0 aliphatic rings. The Balaban J connectivity index is 2.11. The maximum atomic E-state index is 11.8. The molecule has 0 spiro atoms. The zero-order valence-corrected chi connectivity index (χ0v) is 9.83. The molecule has 16 heavy (non-hydrogen) atoms. The lowest BCUT2D eigenvalue weighted by molar-refractivity contribution is 0.105. The molecule has 1 nitrogen and oxygen atoms in total. The van der Waals surface area contributed by atoms with Gasteiger partial charge in [0.25, 0.3) is 0 Å². The Morgan fingerprint density at radius 2 is 1.88 bits per heavy atom. The molecule has 0 radical (unpaired) electrons. The predicted octanol–water partition coefficient (Wildman–Crippen LogP) is 3.95. The van der Waals surface area contributed by atoms with Gasteiger partial charge in [0, 0.05) is 4.88 Å². The molecule has 1 aromatic carbocycles. The van der Waals surface area contributed by atoms with Gasteiger partial charge >= 0.3 is 0 Å². The van der Waals surface area contributed by atoms with Crippen molar-refractivity contribution in [1.82, 2.24) is 0 Å². The maximum absolute atomic E-state index is 11.8. The van der Waals surface area contributed by atoms with Crippen LogP contribution in [0.25, 0.3) is 6.08 Å². The Hall–Kier alpha value is -1.67. The molecule has 0 amide bonds. The van der Waals surface area contributed by atoms with Crippen LogP contribution in [0.2, 0.25) is 0 Å². The van der Waals surface area contributed by atoms with Crippen molar-refractivity contribution in [3.63, 3.8) is 0 Å². The van der Waals surface area contributed by atoms with Crippen LogP contribution in [-0.2, 0) is 0 Å². The minimum Gasteiger partial charge on any atom is -0.288 e. The van der Waals surface area contributed by atoms with E-state index in [4.69, 9.17) is 0 Å². The van der Waals surface area contributed by atoms with Gasteiger partial charge in [-0.25, -0.2) is 0 Å². The quantitative estimate of drug-likeness (QED) is 0.574. The fraction of sp³-hybridized carbons (Fsp3) is 0.0714. The molecule has 1 aromatic heterocycles. The van der Waals surface area contributed by atoms with Gasteiger partial charge in [-0.15, -0.1) is 11.3 Å². The Morgan fingerprint density at radius 1 is 1.12 bits per heavy atom. The third-order valence-electron chi connectivity index (χ3n) is 2.21. The summed E-state index contributed by atoms with van der Waals surface area (Å²) in [5.41, 5.74) is 1.05. The number of rotatable bonds is 3. The maximum Gasteiger partial charge on any atom is 0.195 e. The van der Waals surface area contributed by atoms with Crippen LogP contribution < -0.4 is 0 Å². The molecule has 0 fully saturated rings. The van der Waals surface area contributed by atoms with Crippen LogP contribution in [0.4, 0.5) is 0 Å². The average molecular weight is 228 g/mol. The second-order valence-electron chi connectivity index (χ2n) is 3.52. The van der Waals surface area contributed by atoms with Crippen molar-refractivity contribution in [2.75, 3.05) is 0 Å². The largest absolute Gasteiger partial charge is 0.288 e. The van der Waals surface area contributed by atoms with E-state index in [1.807, 2.05) is 55.5 Å². The molecule has 2 heteroatoms. The number of carbonyl (C=O) groups excluding carboxylic acids is 1. The molecule has 0 aliphatic carbocycles. The Labute approximate surface area is 99.1 Å². The number of aryl methyl sites for hydroxylation is 1. The van der Waals surface area contributed by atoms with Gasteiger partial charge < -0.3 is 0 Å². The molecular weight excluding hydrogens is 216 g/mol. The van der Waals surface area contributed by atoms with Crippen LogP contribution in [0.1, 0.15) is 20.1 Å². The van der Waals surface area contributed by atoms with Crippen molar-refractivity contribution in [2.45, 2.75) is 6.92 Å². The minimum atomic E-state index is 0.0713. The summed E-state index contributed by atoms with van der Waals surface area (Å²) in [6.45, 7) is 2.00. The van der Waals surface area contributed by atoms with Crippen molar-refractivity contribution in [3.8, 4) is 0 Å². The molecule has 2 aromatic rings. The minimum absolute atomic E-state index is 0.0713. The van der Waals surface area contributed by atoms with Gasteiger partial charge in [0.05, 0.1) is 4.88 Å². The highest BCUT2D eigenvalue weighted by molar-refractivity contribution is 7.14. The summed E-state index contributed by atoms with van der Waals surface area (Å²) in [4.78, 5) is 13.7.